The number of nitrogens with one attached hydrogen (secondary N) is 1. The molecule has 2 nitrogen and oxygen atoms in total. The van der Waals surface area contributed by atoms with Gasteiger partial charge in [-0.05, 0) is 44.7 Å². The van der Waals surface area contributed by atoms with Gasteiger partial charge in [-0.25, -0.2) is 0 Å². The Labute approximate surface area is 108 Å². The van der Waals surface area contributed by atoms with Gasteiger partial charge in [0.05, 0.1) is 11.5 Å². The summed E-state index contributed by atoms with van der Waals surface area (Å²) >= 11 is 1.75. The molecule has 0 radical (unpaired) electrons. The Kier molecular flexibility index (Phi) is 5.04. The first-order valence-electron chi connectivity index (χ1n) is 5.77. The molecule has 0 spiro atoms. The zero-order chi connectivity index (χ0) is 12.9. The molecule has 3 heteroatoms. The van der Waals surface area contributed by atoms with Gasteiger partial charge in [0.25, 0.3) is 0 Å². The zero-order valence-corrected chi connectivity index (χ0v) is 11.8. The molecule has 1 rings (SSSR count). The van der Waals surface area contributed by atoms with Gasteiger partial charge >= 0.3 is 0 Å². The maximum absolute atomic E-state index is 8.95. The van der Waals surface area contributed by atoms with Crippen LogP contribution in [0.15, 0.2) is 29.2 Å². The third-order valence-corrected chi connectivity index (χ3v) is 3.51. The number of thioether (sulfide) groups is 1. The second-order valence-corrected chi connectivity index (χ2v) is 5.75. The highest BCUT2D eigenvalue weighted by molar-refractivity contribution is 7.98. The molecule has 0 aromatic heterocycles. The molecule has 1 N–H and O–H groups in total. The van der Waals surface area contributed by atoms with E-state index in [-0.39, 0.29) is 11.5 Å². The Hall–Kier alpha value is -0.980. The normalized spacial score (nSPS) is 13.1. The topological polar surface area (TPSA) is 35.8 Å². The summed E-state index contributed by atoms with van der Waals surface area (Å²) in [5.41, 5.74) is 0.949. The molecule has 0 aliphatic rings. The van der Waals surface area contributed by atoms with Crippen molar-refractivity contribution in [2.75, 3.05) is 12.8 Å². The summed E-state index contributed by atoms with van der Waals surface area (Å²) in [6.07, 6.45) is 2.08. The molecule has 1 unspecified atom stereocenters. The highest BCUT2D eigenvalue weighted by Gasteiger charge is 2.17. The number of benzene rings is 1. The molecular weight excluding hydrogens is 228 g/mol. The predicted molar refractivity (Wildman–Crippen MR) is 74.0 cm³/mol. The average Bonchev–Trinajstić information content (AvgIpc) is 2.36. The van der Waals surface area contributed by atoms with Crippen LogP contribution >= 0.6 is 11.8 Å². The first-order valence-corrected chi connectivity index (χ1v) is 6.99. The molecule has 92 valence electrons. The van der Waals surface area contributed by atoms with Gasteiger partial charge in [0, 0.05) is 17.5 Å². The van der Waals surface area contributed by atoms with Crippen molar-refractivity contribution in [2.24, 2.45) is 5.41 Å². The quantitative estimate of drug-likeness (QED) is 0.809. The van der Waals surface area contributed by atoms with Crippen molar-refractivity contribution in [1.29, 1.82) is 5.26 Å². The fourth-order valence-electron chi connectivity index (χ4n) is 1.46. The molecule has 1 aromatic carbocycles. The maximum atomic E-state index is 8.95. The Bertz CT molecular complexity index is 390. The van der Waals surface area contributed by atoms with Crippen LogP contribution in [0.4, 0.5) is 0 Å². The molecule has 1 atom stereocenters. The summed E-state index contributed by atoms with van der Waals surface area (Å²) in [6.45, 7) is 6.73. The summed E-state index contributed by atoms with van der Waals surface area (Å²) in [4.78, 5) is 1.28. The lowest BCUT2D eigenvalue weighted by atomic mass is 9.95. The Balaban J connectivity index is 2.58. The minimum absolute atomic E-state index is 0.276. The van der Waals surface area contributed by atoms with Gasteiger partial charge < -0.3 is 5.32 Å². The average molecular weight is 248 g/mol. The monoisotopic (exact) mass is 248 g/mol. The van der Waals surface area contributed by atoms with Crippen LogP contribution in [0.3, 0.4) is 0 Å². The third kappa shape index (κ3) is 4.41. The van der Waals surface area contributed by atoms with E-state index in [0.29, 0.717) is 6.54 Å². The second-order valence-electron chi connectivity index (χ2n) is 4.87. The van der Waals surface area contributed by atoms with Crippen molar-refractivity contribution in [1.82, 2.24) is 5.32 Å². The molecule has 0 bridgehead atoms. The summed E-state index contributed by atoms with van der Waals surface area (Å²) in [5.74, 6) is 0. The molecule has 0 aliphatic heterocycles. The lowest BCUT2D eigenvalue weighted by molar-refractivity contribution is 0.415. The number of nitrogens with zero attached hydrogens (tertiary/aromatic N) is 1. The van der Waals surface area contributed by atoms with Gasteiger partial charge in [0.1, 0.15) is 0 Å². The van der Waals surface area contributed by atoms with E-state index < -0.39 is 0 Å². The molecule has 0 amide bonds. The van der Waals surface area contributed by atoms with Gasteiger partial charge in [-0.2, -0.15) is 5.26 Å². The summed E-state index contributed by atoms with van der Waals surface area (Å²) < 4.78 is 0. The second kappa shape index (κ2) is 6.09. The van der Waals surface area contributed by atoms with Crippen LogP contribution in [0, 0.1) is 16.7 Å². The lowest BCUT2D eigenvalue weighted by Gasteiger charge is -2.20. The summed E-state index contributed by atoms with van der Waals surface area (Å²) in [5, 5.41) is 12.4. The van der Waals surface area contributed by atoms with E-state index in [0.717, 1.165) is 0 Å². The summed E-state index contributed by atoms with van der Waals surface area (Å²) in [6, 6.07) is 11.1. The van der Waals surface area contributed by atoms with Gasteiger partial charge in [-0.3, -0.25) is 0 Å². The van der Waals surface area contributed by atoms with Crippen LogP contribution in [-0.4, -0.2) is 12.8 Å². The number of hydrogen-bond donors (Lipinski definition) is 1. The molecule has 0 saturated carbocycles. The number of nitriles is 1. The van der Waals surface area contributed by atoms with Crippen LogP contribution in [0.25, 0.3) is 0 Å². The van der Waals surface area contributed by atoms with E-state index >= 15 is 0 Å². The van der Waals surface area contributed by atoms with Crippen LogP contribution in [0.2, 0.25) is 0 Å². The van der Waals surface area contributed by atoms with Crippen LogP contribution < -0.4 is 5.32 Å². The van der Waals surface area contributed by atoms with Crippen LogP contribution in [0.1, 0.15) is 32.4 Å². The molecule has 0 fully saturated rings. The van der Waals surface area contributed by atoms with Gasteiger partial charge in [-0.15, -0.1) is 11.8 Å². The Morgan fingerprint density at radius 2 is 1.94 bits per heavy atom. The van der Waals surface area contributed by atoms with Crippen molar-refractivity contribution in [3.05, 3.63) is 29.8 Å². The molecule has 0 saturated heterocycles. The standard InChI is InChI=1S/C14H20N2S/c1-11(16-10-14(2,3)9-15)12-5-7-13(17-4)8-6-12/h5-8,11,16H,10H2,1-4H3. The van der Waals surface area contributed by atoms with Crippen molar-refractivity contribution >= 4 is 11.8 Å². The third-order valence-electron chi connectivity index (χ3n) is 2.77. The highest BCUT2D eigenvalue weighted by atomic mass is 32.2. The van der Waals surface area contributed by atoms with Crippen LogP contribution in [0.5, 0.6) is 0 Å². The summed E-state index contributed by atoms with van der Waals surface area (Å²) in [7, 11) is 0. The van der Waals surface area contributed by atoms with Crippen molar-refractivity contribution in [3.8, 4) is 6.07 Å². The first kappa shape index (κ1) is 14.1. The first-order chi connectivity index (χ1) is 7.98. The molecular formula is C14H20N2S. The van der Waals surface area contributed by atoms with Gasteiger partial charge in [-0.1, -0.05) is 12.1 Å². The fraction of sp³-hybridized carbons (Fsp3) is 0.500. The van der Waals surface area contributed by atoms with Crippen molar-refractivity contribution in [2.45, 2.75) is 31.7 Å². The molecule has 1 aromatic rings. The molecule has 0 heterocycles. The number of rotatable bonds is 5. The van der Waals surface area contributed by atoms with E-state index in [1.165, 1.54) is 10.5 Å². The maximum Gasteiger partial charge on any atom is 0.0697 e. The highest BCUT2D eigenvalue weighted by Crippen LogP contribution is 2.20. The Morgan fingerprint density at radius 3 is 2.41 bits per heavy atom. The van der Waals surface area contributed by atoms with Gasteiger partial charge in [0.15, 0.2) is 0 Å². The van der Waals surface area contributed by atoms with Crippen molar-refractivity contribution < 1.29 is 0 Å². The van der Waals surface area contributed by atoms with Crippen molar-refractivity contribution in [3.63, 3.8) is 0 Å². The molecule has 17 heavy (non-hydrogen) atoms. The largest absolute Gasteiger partial charge is 0.309 e. The van der Waals surface area contributed by atoms with Crippen LogP contribution in [-0.2, 0) is 0 Å². The van der Waals surface area contributed by atoms with E-state index in [4.69, 9.17) is 5.26 Å². The van der Waals surface area contributed by atoms with Gasteiger partial charge in [0.2, 0.25) is 0 Å². The van der Waals surface area contributed by atoms with E-state index in [1.54, 1.807) is 11.8 Å². The molecule has 0 aliphatic carbocycles. The number of hydrogen-bond acceptors (Lipinski definition) is 3. The minimum Gasteiger partial charge on any atom is -0.309 e. The zero-order valence-electron chi connectivity index (χ0n) is 10.9. The van der Waals surface area contributed by atoms with E-state index in [1.807, 2.05) is 13.8 Å². The lowest BCUT2D eigenvalue weighted by Crippen LogP contribution is -2.30. The van der Waals surface area contributed by atoms with E-state index in [9.17, 15) is 0 Å². The SMILES string of the molecule is CSc1ccc(C(C)NCC(C)(C)C#N)cc1. The van der Waals surface area contributed by atoms with E-state index in [2.05, 4.69) is 48.8 Å². The smallest absolute Gasteiger partial charge is 0.0697 e. The minimum atomic E-state index is -0.312. The fourth-order valence-corrected chi connectivity index (χ4v) is 1.87. The predicted octanol–water partition coefficient (Wildman–Crippen LogP) is 3.61. The Morgan fingerprint density at radius 1 is 1.35 bits per heavy atom.